The number of rotatable bonds is 6. The van der Waals surface area contributed by atoms with E-state index in [4.69, 9.17) is 0 Å². The molecule has 28 heavy (non-hydrogen) atoms. The molecule has 0 bridgehead atoms. The molecular formula is C19H23FN4O3S. The summed E-state index contributed by atoms with van der Waals surface area (Å²) in [5.41, 5.74) is 7.28. The molecule has 0 aliphatic carbocycles. The Hall–Kier alpha value is -2.49. The Balaban J connectivity index is 1.73. The summed E-state index contributed by atoms with van der Waals surface area (Å²) in [5.74, 6) is -1.42. The summed E-state index contributed by atoms with van der Waals surface area (Å²) < 4.78 is 40.8. The predicted octanol–water partition coefficient (Wildman–Crippen LogP) is 2.38. The fourth-order valence-electron chi connectivity index (χ4n) is 2.96. The van der Waals surface area contributed by atoms with Crippen molar-refractivity contribution in [1.29, 1.82) is 0 Å². The smallest absolute Gasteiger partial charge is 0.250 e. The van der Waals surface area contributed by atoms with E-state index < -0.39 is 33.0 Å². The van der Waals surface area contributed by atoms with E-state index >= 15 is 0 Å². The van der Waals surface area contributed by atoms with Crippen LogP contribution in [-0.2, 0) is 14.8 Å². The van der Waals surface area contributed by atoms with Crippen LogP contribution < -0.4 is 20.9 Å². The van der Waals surface area contributed by atoms with Gasteiger partial charge in [-0.3, -0.25) is 14.9 Å². The molecule has 2 atom stereocenters. The van der Waals surface area contributed by atoms with Crippen molar-refractivity contribution in [3.8, 4) is 0 Å². The van der Waals surface area contributed by atoms with Crippen LogP contribution in [0, 0.1) is 11.7 Å². The Morgan fingerprint density at radius 2 is 1.86 bits per heavy atom. The van der Waals surface area contributed by atoms with E-state index in [1.165, 1.54) is 12.1 Å². The number of benzene rings is 2. The summed E-state index contributed by atoms with van der Waals surface area (Å²) in [6, 6.07) is 12.4. The van der Waals surface area contributed by atoms with Gasteiger partial charge in [-0.1, -0.05) is 26.0 Å². The van der Waals surface area contributed by atoms with Gasteiger partial charge >= 0.3 is 0 Å². The van der Waals surface area contributed by atoms with Crippen molar-refractivity contribution >= 4 is 27.3 Å². The van der Waals surface area contributed by atoms with Gasteiger partial charge in [0.05, 0.1) is 5.92 Å². The molecule has 4 N–H and O–H groups in total. The lowest BCUT2D eigenvalue weighted by Crippen LogP contribution is -2.45. The van der Waals surface area contributed by atoms with Crippen LogP contribution in [0.5, 0.6) is 0 Å². The topological polar surface area (TPSA) is 99.3 Å². The van der Waals surface area contributed by atoms with Crippen molar-refractivity contribution < 1.29 is 17.6 Å². The molecule has 1 heterocycles. The summed E-state index contributed by atoms with van der Waals surface area (Å²) in [6.45, 7) is 4.26. The number of hydrazine groups is 1. The van der Waals surface area contributed by atoms with Gasteiger partial charge in [0, 0.05) is 17.9 Å². The van der Waals surface area contributed by atoms with Crippen LogP contribution in [0.25, 0.3) is 0 Å². The van der Waals surface area contributed by atoms with Crippen molar-refractivity contribution in [3.05, 3.63) is 59.9 Å². The number of hydrogen-bond acceptors (Lipinski definition) is 5. The molecule has 2 aromatic carbocycles. The molecule has 0 saturated carbocycles. The minimum atomic E-state index is -3.94. The van der Waals surface area contributed by atoms with Crippen molar-refractivity contribution in [2.24, 2.45) is 5.92 Å². The van der Waals surface area contributed by atoms with E-state index in [0.29, 0.717) is 11.6 Å². The third kappa shape index (κ3) is 4.67. The zero-order chi connectivity index (χ0) is 20.3. The Morgan fingerprint density at radius 3 is 2.54 bits per heavy atom. The summed E-state index contributed by atoms with van der Waals surface area (Å²) in [7, 11) is -3.94. The summed E-state index contributed by atoms with van der Waals surface area (Å²) in [4.78, 5) is 12.7. The molecule has 9 heteroatoms. The van der Waals surface area contributed by atoms with E-state index in [1.807, 2.05) is 18.2 Å². The minimum absolute atomic E-state index is 0.157. The van der Waals surface area contributed by atoms with Crippen LogP contribution in [0.1, 0.15) is 25.3 Å². The number of nitrogens with one attached hydrogen (secondary N) is 4. The number of carbonyl (C=O) groups is 1. The Labute approximate surface area is 163 Å². The fourth-order valence-corrected chi connectivity index (χ4v) is 4.44. The third-order valence-electron chi connectivity index (χ3n) is 4.53. The highest BCUT2D eigenvalue weighted by molar-refractivity contribution is 7.93. The third-order valence-corrected chi connectivity index (χ3v) is 6.16. The molecule has 0 radical (unpaired) electrons. The standard InChI is InChI=1S/C19H23FN4O3S/c1-12(2)13-4-3-5-16(10-13)22-18(25)17-11-21-23-19(17)28(26,27)24-15-8-6-14(20)7-9-15/h3-10,12,17,19,21,23-24H,11H2,1-2H3,(H,22,25). The minimum Gasteiger partial charge on any atom is -0.326 e. The lowest BCUT2D eigenvalue weighted by molar-refractivity contribution is -0.119. The second-order valence-corrected chi connectivity index (χ2v) is 8.78. The number of hydrogen-bond donors (Lipinski definition) is 4. The first kappa shape index (κ1) is 20.2. The average Bonchev–Trinajstić information content (AvgIpc) is 3.15. The number of halogens is 1. The van der Waals surface area contributed by atoms with Crippen molar-refractivity contribution in [3.63, 3.8) is 0 Å². The molecule has 1 aliphatic rings. The van der Waals surface area contributed by atoms with Crippen molar-refractivity contribution in [2.45, 2.75) is 25.1 Å². The molecule has 7 nitrogen and oxygen atoms in total. The largest absolute Gasteiger partial charge is 0.326 e. The van der Waals surface area contributed by atoms with Gasteiger partial charge in [0.25, 0.3) is 10.0 Å². The second kappa shape index (κ2) is 8.26. The SMILES string of the molecule is CC(C)c1cccc(NC(=O)C2CNNC2S(=O)(=O)Nc2ccc(F)cc2)c1. The molecule has 0 spiro atoms. The van der Waals surface area contributed by atoms with Crippen LogP contribution in [0.2, 0.25) is 0 Å². The summed E-state index contributed by atoms with van der Waals surface area (Å²) >= 11 is 0. The molecule has 1 amide bonds. The van der Waals surface area contributed by atoms with E-state index in [9.17, 15) is 17.6 Å². The maximum absolute atomic E-state index is 13.0. The van der Waals surface area contributed by atoms with Gasteiger partial charge in [-0.15, -0.1) is 0 Å². The van der Waals surface area contributed by atoms with Gasteiger partial charge in [-0.05, 0) is 47.9 Å². The lowest BCUT2D eigenvalue weighted by Gasteiger charge is -2.20. The zero-order valence-electron chi connectivity index (χ0n) is 15.6. The Morgan fingerprint density at radius 1 is 1.14 bits per heavy atom. The maximum atomic E-state index is 13.0. The molecule has 1 fully saturated rings. The molecule has 3 rings (SSSR count). The highest BCUT2D eigenvalue weighted by Gasteiger charge is 2.41. The molecule has 2 unspecified atom stereocenters. The van der Waals surface area contributed by atoms with Gasteiger partial charge in [0.1, 0.15) is 5.82 Å². The number of sulfonamides is 1. The van der Waals surface area contributed by atoms with E-state index in [-0.39, 0.29) is 12.2 Å². The van der Waals surface area contributed by atoms with Crippen molar-refractivity contribution in [1.82, 2.24) is 10.9 Å². The van der Waals surface area contributed by atoms with E-state index in [1.54, 1.807) is 6.07 Å². The Kier molecular flexibility index (Phi) is 5.97. The van der Waals surface area contributed by atoms with Gasteiger partial charge in [-0.2, -0.15) is 0 Å². The van der Waals surface area contributed by atoms with Crippen LogP contribution in [0.3, 0.4) is 0 Å². The van der Waals surface area contributed by atoms with Crippen LogP contribution >= 0.6 is 0 Å². The number of carbonyl (C=O) groups excluding carboxylic acids is 1. The molecule has 1 saturated heterocycles. The summed E-state index contributed by atoms with van der Waals surface area (Å²) in [5, 5.41) is 1.62. The number of anilines is 2. The molecular weight excluding hydrogens is 383 g/mol. The van der Waals surface area contributed by atoms with Gasteiger partial charge < -0.3 is 5.32 Å². The molecule has 1 aliphatic heterocycles. The zero-order valence-corrected chi connectivity index (χ0v) is 16.4. The first-order chi connectivity index (χ1) is 13.3. The van der Waals surface area contributed by atoms with Gasteiger partial charge in [0.2, 0.25) is 5.91 Å². The quantitative estimate of drug-likeness (QED) is 0.590. The van der Waals surface area contributed by atoms with Gasteiger partial charge in [0.15, 0.2) is 5.37 Å². The van der Waals surface area contributed by atoms with Crippen molar-refractivity contribution in [2.75, 3.05) is 16.6 Å². The number of amides is 1. The van der Waals surface area contributed by atoms with E-state index in [0.717, 1.165) is 17.7 Å². The molecule has 150 valence electrons. The lowest BCUT2D eigenvalue weighted by atomic mass is 10.0. The molecule has 2 aromatic rings. The first-order valence-electron chi connectivity index (χ1n) is 8.92. The summed E-state index contributed by atoms with van der Waals surface area (Å²) in [6.07, 6.45) is 0. The molecule has 0 aromatic heterocycles. The highest BCUT2D eigenvalue weighted by atomic mass is 32.2. The monoisotopic (exact) mass is 406 g/mol. The fraction of sp³-hybridized carbons (Fsp3) is 0.316. The highest BCUT2D eigenvalue weighted by Crippen LogP contribution is 2.22. The average molecular weight is 406 g/mol. The van der Waals surface area contributed by atoms with Crippen LogP contribution in [-0.4, -0.2) is 26.2 Å². The Bertz CT molecular complexity index is 948. The normalized spacial score (nSPS) is 19.6. The first-order valence-corrected chi connectivity index (χ1v) is 10.5. The van der Waals surface area contributed by atoms with Gasteiger partial charge in [-0.25, -0.2) is 18.2 Å². The van der Waals surface area contributed by atoms with E-state index in [2.05, 4.69) is 34.7 Å². The van der Waals surface area contributed by atoms with Crippen LogP contribution in [0.15, 0.2) is 48.5 Å². The second-order valence-electron chi connectivity index (χ2n) is 6.98. The predicted molar refractivity (Wildman–Crippen MR) is 107 cm³/mol. The van der Waals surface area contributed by atoms with Crippen LogP contribution in [0.4, 0.5) is 15.8 Å². The maximum Gasteiger partial charge on any atom is 0.250 e.